The molecule has 0 rings (SSSR count). The lowest BCUT2D eigenvalue weighted by atomic mass is 10.1. The Bertz CT molecular complexity index is 155. The number of halogens is 1. The molecule has 0 aromatic heterocycles. The predicted octanol–water partition coefficient (Wildman–Crippen LogP) is 4.88. The second-order valence-electron chi connectivity index (χ2n) is 4.35. The Morgan fingerprint density at radius 1 is 0.933 bits per heavy atom. The lowest BCUT2D eigenvalue weighted by Gasteiger charge is -2.02. The number of terminal acetylenes is 1. The number of rotatable bonds is 10. The minimum absolute atomic E-state index is 0.617. The third-order valence-electron chi connectivity index (χ3n) is 2.67. The van der Waals surface area contributed by atoms with Gasteiger partial charge in [0.25, 0.3) is 0 Å². The fourth-order valence-electron chi connectivity index (χ4n) is 1.71. The van der Waals surface area contributed by atoms with Gasteiger partial charge in [-0.15, -0.1) is 12.3 Å². The van der Waals surface area contributed by atoms with Crippen LogP contribution in [0.2, 0.25) is 0 Å². The van der Waals surface area contributed by atoms with Gasteiger partial charge in [-0.2, -0.15) is 0 Å². The molecule has 15 heavy (non-hydrogen) atoms. The van der Waals surface area contributed by atoms with Gasteiger partial charge in [0.1, 0.15) is 0 Å². The number of alkyl halides is 1. The SMILES string of the molecule is C#CCCCCCCCCCCC(C)F. The molecule has 0 fully saturated rings. The van der Waals surface area contributed by atoms with Crippen LogP contribution in [0.4, 0.5) is 4.39 Å². The Morgan fingerprint density at radius 3 is 1.87 bits per heavy atom. The summed E-state index contributed by atoms with van der Waals surface area (Å²) in [6.07, 6.45) is 16.1. The highest BCUT2D eigenvalue weighted by atomic mass is 19.1. The van der Waals surface area contributed by atoms with Gasteiger partial charge in [0.2, 0.25) is 0 Å². The van der Waals surface area contributed by atoms with Crippen molar-refractivity contribution in [3.05, 3.63) is 0 Å². The summed E-state index contributed by atoms with van der Waals surface area (Å²) >= 11 is 0. The minimum atomic E-state index is -0.617. The molecule has 1 atom stereocenters. The summed E-state index contributed by atoms with van der Waals surface area (Å²) in [6, 6.07) is 0. The molecule has 1 unspecified atom stereocenters. The number of unbranched alkanes of at least 4 members (excludes halogenated alkanes) is 8. The summed E-state index contributed by atoms with van der Waals surface area (Å²) in [5, 5.41) is 0. The molecule has 0 saturated heterocycles. The molecule has 0 spiro atoms. The zero-order valence-electron chi connectivity index (χ0n) is 10.1. The van der Waals surface area contributed by atoms with Crippen molar-refractivity contribution in [1.29, 1.82) is 0 Å². The van der Waals surface area contributed by atoms with Crippen molar-refractivity contribution in [2.45, 2.75) is 77.3 Å². The minimum Gasteiger partial charge on any atom is -0.248 e. The first-order valence-electron chi connectivity index (χ1n) is 6.35. The Labute approximate surface area is 94.6 Å². The second kappa shape index (κ2) is 11.6. The summed E-state index contributed by atoms with van der Waals surface area (Å²) < 4.78 is 12.4. The van der Waals surface area contributed by atoms with Crippen LogP contribution in [0, 0.1) is 12.3 Å². The van der Waals surface area contributed by atoms with Crippen LogP contribution < -0.4 is 0 Å². The van der Waals surface area contributed by atoms with Gasteiger partial charge in [0, 0.05) is 6.42 Å². The van der Waals surface area contributed by atoms with Crippen LogP contribution in [0.5, 0.6) is 0 Å². The van der Waals surface area contributed by atoms with Crippen molar-refractivity contribution in [2.75, 3.05) is 0 Å². The monoisotopic (exact) mass is 212 g/mol. The van der Waals surface area contributed by atoms with Gasteiger partial charge in [-0.05, 0) is 19.8 Å². The van der Waals surface area contributed by atoms with Crippen molar-refractivity contribution >= 4 is 0 Å². The molecule has 0 N–H and O–H groups in total. The highest BCUT2D eigenvalue weighted by Crippen LogP contribution is 2.11. The van der Waals surface area contributed by atoms with Crippen LogP contribution in [-0.2, 0) is 0 Å². The average Bonchev–Trinajstić information content (AvgIpc) is 2.20. The predicted molar refractivity (Wildman–Crippen MR) is 65.6 cm³/mol. The summed E-state index contributed by atoms with van der Waals surface area (Å²) in [7, 11) is 0. The highest BCUT2D eigenvalue weighted by Gasteiger charge is 1.97. The van der Waals surface area contributed by atoms with Crippen LogP contribution in [0.3, 0.4) is 0 Å². The summed E-state index contributed by atoms with van der Waals surface area (Å²) in [5.41, 5.74) is 0. The van der Waals surface area contributed by atoms with E-state index in [1.807, 2.05) is 0 Å². The normalized spacial score (nSPS) is 12.3. The molecule has 0 aromatic rings. The molecular formula is C14H25F. The van der Waals surface area contributed by atoms with Crippen LogP contribution in [0.25, 0.3) is 0 Å². The molecule has 0 heterocycles. The second-order valence-corrected chi connectivity index (χ2v) is 4.35. The molecule has 0 aliphatic heterocycles. The third-order valence-corrected chi connectivity index (χ3v) is 2.67. The van der Waals surface area contributed by atoms with Gasteiger partial charge >= 0.3 is 0 Å². The molecule has 0 aromatic carbocycles. The van der Waals surface area contributed by atoms with E-state index in [1.54, 1.807) is 6.92 Å². The largest absolute Gasteiger partial charge is 0.248 e. The highest BCUT2D eigenvalue weighted by molar-refractivity contribution is 4.82. The quantitative estimate of drug-likeness (QED) is 0.357. The molecule has 0 radical (unpaired) electrons. The van der Waals surface area contributed by atoms with E-state index in [0.717, 1.165) is 19.3 Å². The fourth-order valence-corrected chi connectivity index (χ4v) is 1.71. The maximum Gasteiger partial charge on any atom is 0.0973 e. The topological polar surface area (TPSA) is 0 Å². The number of hydrogen-bond donors (Lipinski definition) is 0. The first kappa shape index (κ1) is 14.5. The fraction of sp³-hybridized carbons (Fsp3) is 0.857. The van der Waals surface area contributed by atoms with Crippen molar-refractivity contribution in [3.63, 3.8) is 0 Å². The van der Waals surface area contributed by atoms with E-state index in [1.165, 1.54) is 44.9 Å². The van der Waals surface area contributed by atoms with Crippen LogP contribution in [-0.4, -0.2) is 6.17 Å². The third kappa shape index (κ3) is 13.5. The van der Waals surface area contributed by atoms with Gasteiger partial charge in [0.05, 0.1) is 6.17 Å². The zero-order valence-corrected chi connectivity index (χ0v) is 10.1. The van der Waals surface area contributed by atoms with E-state index in [0.29, 0.717) is 0 Å². The summed E-state index contributed by atoms with van der Waals surface area (Å²) in [4.78, 5) is 0. The standard InChI is InChI=1S/C14H25F/c1-3-4-5-6-7-8-9-10-11-12-13-14(2)15/h1,14H,4-13H2,2H3. The zero-order chi connectivity index (χ0) is 11.4. The van der Waals surface area contributed by atoms with Crippen molar-refractivity contribution in [1.82, 2.24) is 0 Å². The number of hydrogen-bond acceptors (Lipinski definition) is 0. The van der Waals surface area contributed by atoms with Gasteiger partial charge in [0.15, 0.2) is 0 Å². The maximum absolute atomic E-state index is 12.4. The van der Waals surface area contributed by atoms with E-state index in [2.05, 4.69) is 5.92 Å². The van der Waals surface area contributed by atoms with Gasteiger partial charge in [-0.1, -0.05) is 44.9 Å². The summed E-state index contributed by atoms with van der Waals surface area (Å²) in [6.45, 7) is 1.64. The van der Waals surface area contributed by atoms with Crippen LogP contribution in [0.1, 0.15) is 71.1 Å². The Kier molecular flexibility index (Phi) is 11.2. The Morgan fingerprint density at radius 2 is 1.40 bits per heavy atom. The smallest absolute Gasteiger partial charge is 0.0973 e. The van der Waals surface area contributed by atoms with Crippen molar-refractivity contribution < 1.29 is 4.39 Å². The molecule has 1 heteroatoms. The molecule has 0 nitrogen and oxygen atoms in total. The molecule has 88 valence electrons. The van der Waals surface area contributed by atoms with Crippen LogP contribution >= 0.6 is 0 Å². The molecule has 0 amide bonds. The van der Waals surface area contributed by atoms with Crippen molar-refractivity contribution in [3.8, 4) is 12.3 Å². The molecular weight excluding hydrogens is 187 g/mol. The van der Waals surface area contributed by atoms with Gasteiger partial charge in [-0.25, -0.2) is 4.39 Å². The van der Waals surface area contributed by atoms with E-state index >= 15 is 0 Å². The average molecular weight is 212 g/mol. The van der Waals surface area contributed by atoms with Crippen LogP contribution in [0.15, 0.2) is 0 Å². The van der Waals surface area contributed by atoms with E-state index in [9.17, 15) is 4.39 Å². The van der Waals surface area contributed by atoms with Gasteiger partial charge < -0.3 is 0 Å². The van der Waals surface area contributed by atoms with E-state index in [4.69, 9.17) is 6.42 Å². The first-order chi connectivity index (χ1) is 7.27. The summed E-state index contributed by atoms with van der Waals surface area (Å²) in [5.74, 6) is 2.66. The molecule has 0 saturated carbocycles. The lowest BCUT2D eigenvalue weighted by molar-refractivity contribution is 0.329. The lowest BCUT2D eigenvalue weighted by Crippen LogP contribution is -1.91. The molecule has 0 bridgehead atoms. The first-order valence-corrected chi connectivity index (χ1v) is 6.35. The molecule has 0 aliphatic rings. The molecule has 0 aliphatic carbocycles. The van der Waals surface area contributed by atoms with E-state index < -0.39 is 6.17 Å². The van der Waals surface area contributed by atoms with E-state index in [-0.39, 0.29) is 0 Å². The Balaban J connectivity index is 2.90. The van der Waals surface area contributed by atoms with Gasteiger partial charge in [-0.3, -0.25) is 0 Å². The Hall–Kier alpha value is -0.510. The van der Waals surface area contributed by atoms with Crippen molar-refractivity contribution in [2.24, 2.45) is 0 Å². The maximum atomic E-state index is 12.4.